The number of carbonyl (C=O) groups excluding carboxylic acids is 3. The maximum absolute atomic E-state index is 14.4. The molecule has 0 radical (unpaired) electrons. The number of anilines is 1. The van der Waals surface area contributed by atoms with E-state index in [2.05, 4.69) is 10.4 Å². The summed E-state index contributed by atoms with van der Waals surface area (Å²) >= 11 is 0. The Hall–Kier alpha value is -5.16. The largest absolute Gasteiger partial charge is 0.507 e. The molecule has 4 aliphatic rings. The summed E-state index contributed by atoms with van der Waals surface area (Å²) in [4.78, 5) is 40.5. The summed E-state index contributed by atoms with van der Waals surface area (Å²) < 4.78 is 23.5. The average molecular weight is 824 g/mol. The van der Waals surface area contributed by atoms with Gasteiger partial charge >= 0.3 is 11.8 Å². The van der Waals surface area contributed by atoms with Gasteiger partial charge in [0.25, 0.3) is 11.7 Å². The van der Waals surface area contributed by atoms with Crippen LogP contribution in [0.4, 0.5) is 5.69 Å². The Kier molecular flexibility index (Phi) is 13.7. The summed E-state index contributed by atoms with van der Waals surface area (Å²) in [6.07, 6.45) is 5.20. The van der Waals surface area contributed by atoms with E-state index in [1.54, 1.807) is 44.9 Å². The quantitative estimate of drug-likeness (QED) is 0.0971. The third-order valence-corrected chi connectivity index (χ3v) is 11.8. The molecular weight excluding hydrogens is 766 g/mol. The number of aliphatic hydroxyl groups excluding tert-OH is 3. The molecule has 322 valence electrons. The fraction of sp³-hybridized carbons (Fsp3) is 0.535. The van der Waals surface area contributed by atoms with Crippen LogP contribution in [0.15, 0.2) is 41.2 Å². The number of ketones is 1. The first-order chi connectivity index (χ1) is 27.7. The molecule has 2 aromatic carbocycles. The third kappa shape index (κ3) is 8.91. The van der Waals surface area contributed by atoms with Crippen molar-refractivity contribution in [1.29, 1.82) is 0 Å². The molecule has 59 heavy (non-hydrogen) atoms. The summed E-state index contributed by atoms with van der Waals surface area (Å²) in [6, 6.07) is 0. The Morgan fingerprint density at radius 1 is 0.983 bits per heavy atom. The van der Waals surface area contributed by atoms with Gasteiger partial charge in [0, 0.05) is 67.7 Å². The Morgan fingerprint density at radius 3 is 2.32 bits per heavy atom. The standard InChI is InChI=1S/C43H57N3O13/c1-20-12-10-13-21(2)42(55)45-33-28(18-44-46-16-11-14-27(48)19-46)37(52)30-31(38(33)53)36(51)25(6)40-32(30)41(54)43(8,59-40)57-17-15-29(56-9)22(3)39(58-26(7)47)24(5)35(50)23(4)34(20)49/h10,12-13,15,17-18,20,22-24,27,29,34-35,39,48-53H,11,14,16,19H2,1-9H3,(H,45,55). The number of hydrogen-bond acceptors (Lipinski definition) is 15. The van der Waals surface area contributed by atoms with Crippen LogP contribution in [-0.4, -0.2) is 116 Å². The zero-order valence-corrected chi connectivity index (χ0v) is 34.9. The second-order valence-corrected chi connectivity index (χ2v) is 16.1. The lowest BCUT2D eigenvalue weighted by molar-refractivity contribution is -0.160. The van der Waals surface area contributed by atoms with Crippen LogP contribution in [0, 0.1) is 30.6 Å². The van der Waals surface area contributed by atoms with Gasteiger partial charge in [-0.05, 0) is 32.8 Å². The molecule has 0 aromatic heterocycles. The molecule has 0 aliphatic carbocycles. The van der Waals surface area contributed by atoms with Crippen molar-refractivity contribution in [2.24, 2.45) is 28.8 Å². The number of piperidine rings is 1. The fourth-order valence-electron chi connectivity index (χ4n) is 8.05. The number of ether oxygens (including phenoxy) is 4. The molecule has 6 rings (SSSR count). The van der Waals surface area contributed by atoms with E-state index in [0.717, 1.165) is 0 Å². The number of aliphatic hydroxyl groups is 3. The van der Waals surface area contributed by atoms with Crippen molar-refractivity contribution in [3.63, 3.8) is 0 Å². The number of phenolic OH excluding ortho intramolecular Hbond substituents is 3. The molecule has 16 nitrogen and oxygen atoms in total. The van der Waals surface area contributed by atoms with Crippen molar-refractivity contribution in [3.05, 3.63) is 52.8 Å². The van der Waals surface area contributed by atoms with Gasteiger partial charge in [-0.2, -0.15) is 5.10 Å². The Bertz CT molecular complexity index is 2080. The third-order valence-electron chi connectivity index (χ3n) is 11.8. The van der Waals surface area contributed by atoms with Gasteiger partial charge in [0.1, 0.15) is 23.4 Å². The monoisotopic (exact) mass is 823 g/mol. The van der Waals surface area contributed by atoms with E-state index < -0.39 is 94.9 Å². The highest BCUT2D eigenvalue weighted by Gasteiger charge is 2.50. The summed E-state index contributed by atoms with van der Waals surface area (Å²) in [5, 5.41) is 76.6. The number of methoxy groups -OCH3 is 1. The maximum atomic E-state index is 14.4. The predicted octanol–water partition coefficient (Wildman–Crippen LogP) is 4.54. The highest BCUT2D eigenvalue weighted by molar-refractivity contribution is 6.23. The molecule has 2 aromatic rings. The van der Waals surface area contributed by atoms with Crippen LogP contribution in [0.1, 0.15) is 82.8 Å². The minimum atomic E-state index is -2.07. The normalized spacial score (nSPS) is 31.0. The Balaban J connectivity index is 1.71. The molecule has 1 fully saturated rings. The average Bonchev–Trinajstić information content (AvgIpc) is 3.46. The van der Waals surface area contributed by atoms with E-state index in [4.69, 9.17) is 18.9 Å². The van der Waals surface area contributed by atoms with Crippen LogP contribution < -0.4 is 10.1 Å². The van der Waals surface area contributed by atoms with Crippen LogP contribution >= 0.6 is 0 Å². The molecule has 4 aliphatic heterocycles. The topological polar surface area (TPSA) is 237 Å². The van der Waals surface area contributed by atoms with Gasteiger partial charge < -0.3 is 54.9 Å². The van der Waals surface area contributed by atoms with Gasteiger partial charge in [-0.15, -0.1) is 0 Å². The lowest BCUT2D eigenvalue weighted by Gasteiger charge is -2.38. The Morgan fingerprint density at radius 2 is 1.68 bits per heavy atom. The van der Waals surface area contributed by atoms with Crippen molar-refractivity contribution in [3.8, 4) is 23.0 Å². The molecule has 10 unspecified atom stereocenters. The van der Waals surface area contributed by atoms with E-state index in [1.807, 2.05) is 0 Å². The van der Waals surface area contributed by atoms with Gasteiger partial charge in [0.15, 0.2) is 5.75 Å². The molecule has 4 heterocycles. The molecular formula is C43H57N3O13. The van der Waals surface area contributed by atoms with Crippen molar-refractivity contribution in [1.82, 2.24) is 5.01 Å². The van der Waals surface area contributed by atoms with Gasteiger partial charge in [0.05, 0.1) is 65.6 Å². The smallest absolute Gasteiger partial charge is 0.312 e. The number of hydrogen-bond donors (Lipinski definition) is 7. The molecule has 16 heteroatoms. The van der Waals surface area contributed by atoms with E-state index in [-0.39, 0.29) is 51.0 Å². The number of hydrazone groups is 1. The number of esters is 1. The van der Waals surface area contributed by atoms with Crippen molar-refractivity contribution < 1.29 is 64.0 Å². The van der Waals surface area contributed by atoms with Crippen LogP contribution in [0.5, 0.6) is 23.0 Å². The number of allylic oxidation sites excluding steroid dienone is 2. The number of β-amino-alcohol motifs (C(OH)–C–C–N with tert-alkyl or cyclic N) is 1. The number of aromatic hydroxyl groups is 3. The van der Waals surface area contributed by atoms with Crippen LogP contribution in [-0.2, 0) is 23.8 Å². The lowest BCUT2D eigenvalue weighted by Crippen LogP contribution is -2.46. The summed E-state index contributed by atoms with van der Waals surface area (Å²) in [5.41, 5.74) is -0.555. The van der Waals surface area contributed by atoms with Gasteiger partial charge in [-0.1, -0.05) is 45.9 Å². The zero-order valence-electron chi connectivity index (χ0n) is 34.9. The number of Topliss-reactive ketones (excluding diaryl/α,β-unsaturated/α-hetero) is 1. The van der Waals surface area contributed by atoms with Crippen molar-refractivity contribution in [2.45, 2.75) is 105 Å². The lowest BCUT2D eigenvalue weighted by atomic mass is 9.78. The SMILES string of the molecule is COC1C=COC2(C)Oc3c(C)c(O)c4c(O)c(c(C=NN5CCCC(O)C5)c(O)c4c3C2=O)NC(=O)C(C)=CC=CC(C)C(O)C(C)C(O)C(C)C(OC(C)=O)C1C. The van der Waals surface area contributed by atoms with Crippen LogP contribution in [0.3, 0.4) is 0 Å². The van der Waals surface area contributed by atoms with Gasteiger partial charge in [0.2, 0.25) is 0 Å². The van der Waals surface area contributed by atoms with E-state index >= 15 is 0 Å². The van der Waals surface area contributed by atoms with Gasteiger partial charge in [-0.25, -0.2) is 0 Å². The first kappa shape index (κ1) is 44.9. The van der Waals surface area contributed by atoms with Crippen LogP contribution in [0.25, 0.3) is 10.8 Å². The molecule has 7 N–H and O–H groups in total. The highest BCUT2D eigenvalue weighted by atomic mass is 16.7. The number of carbonyl (C=O) groups is 3. The fourth-order valence-corrected chi connectivity index (χ4v) is 8.05. The van der Waals surface area contributed by atoms with E-state index in [1.165, 1.54) is 59.4 Å². The first-order valence-corrected chi connectivity index (χ1v) is 19.8. The molecule has 1 amide bonds. The van der Waals surface area contributed by atoms with Crippen LogP contribution in [0.2, 0.25) is 0 Å². The molecule has 0 spiro atoms. The summed E-state index contributed by atoms with van der Waals surface area (Å²) in [5.74, 6) is -8.63. The number of fused-ring (bicyclic) bond motifs is 14. The first-order valence-electron chi connectivity index (χ1n) is 19.8. The summed E-state index contributed by atoms with van der Waals surface area (Å²) in [7, 11) is 1.43. The summed E-state index contributed by atoms with van der Waals surface area (Å²) in [6.45, 7) is 13.1. The number of rotatable bonds is 4. The molecule has 0 saturated carbocycles. The number of nitrogens with zero attached hydrogens (tertiary/aromatic N) is 2. The van der Waals surface area contributed by atoms with E-state index in [0.29, 0.717) is 19.4 Å². The second kappa shape index (κ2) is 18.0. The highest BCUT2D eigenvalue weighted by Crippen LogP contribution is 2.55. The molecule has 1 saturated heterocycles. The number of phenols is 3. The Labute approximate surface area is 343 Å². The maximum Gasteiger partial charge on any atom is 0.312 e. The molecule has 5 bridgehead atoms. The van der Waals surface area contributed by atoms with Gasteiger partial charge in [-0.3, -0.25) is 19.4 Å². The minimum Gasteiger partial charge on any atom is -0.507 e. The second-order valence-electron chi connectivity index (χ2n) is 16.1. The van der Waals surface area contributed by atoms with E-state index in [9.17, 15) is 45.0 Å². The number of benzene rings is 2. The van der Waals surface area contributed by atoms with Crippen molar-refractivity contribution in [2.75, 3.05) is 25.5 Å². The zero-order chi connectivity index (χ0) is 43.7. The molecule has 10 atom stereocenters. The number of nitrogens with one attached hydrogen (secondary N) is 1. The number of amides is 1. The van der Waals surface area contributed by atoms with Crippen molar-refractivity contribution >= 4 is 40.3 Å². The predicted molar refractivity (Wildman–Crippen MR) is 218 cm³/mol. The minimum absolute atomic E-state index is 0.0327.